The molecule has 0 saturated carbocycles. The molecule has 0 amide bonds. The quantitative estimate of drug-likeness (QED) is 0.876. The fourth-order valence-electron chi connectivity index (χ4n) is 2.27. The normalized spacial score (nSPS) is 17.9. The van der Waals surface area contributed by atoms with E-state index in [1.165, 1.54) is 0 Å². The number of rotatable bonds is 2. The van der Waals surface area contributed by atoms with Crippen molar-refractivity contribution in [3.05, 3.63) is 17.0 Å². The third kappa shape index (κ3) is 2.41. The lowest BCUT2D eigenvalue weighted by Gasteiger charge is -2.21. The van der Waals surface area contributed by atoms with Crippen molar-refractivity contribution in [2.45, 2.75) is 44.9 Å². The molecule has 0 aliphatic carbocycles. The van der Waals surface area contributed by atoms with Crippen LogP contribution in [0.25, 0.3) is 0 Å². The van der Waals surface area contributed by atoms with Gasteiger partial charge in [0.1, 0.15) is 11.3 Å². The number of carboxylic acids is 1. The maximum Gasteiger partial charge on any atom is 0.341 e. The molecular formula is C13H19NO4. The number of carboxylic acid groups (broad SMARTS) is 1. The number of aromatic nitrogens is 1. The van der Waals surface area contributed by atoms with E-state index in [0.717, 1.165) is 12.8 Å². The van der Waals surface area contributed by atoms with Crippen LogP contribution >= 0.6 is 0 Å². The zero-order valence-electron chi connectivity index (χ0n) is 11.0. The Morgan fingerprint density at radius 1 is 1.33 bits per heavy atom. The number of aromatic carboxylic acids is 1. The van der Waals surface area contributed by atoms with Crippen molar-refractivity contribution >= 4 is 5.97 Å². The van der Waals surface area contributed by atoms with Gasteiger partial charge in [0.05, 0.1) is 0 Å². The zero-order chi connectivity index (χ0) is 13.3. The Balaban J connectivity index is 2.42. The van der Waals surface area contributed by atoms with E-state index in [0.29, 0.717) is 24.7 Å². The lowest BCUT2D eigenvalue weighted by molar-refractivity contribution is 0.0681. The van der Waals surface area contributed by atoms with E-state index < -0.39 is 5.97 Å². The van der Waals surface area contributed by atoms with Gasteiger partial charge in [-0.05, 0) is 12.8 Å². The second kappa shape index (κ2) is 4.72. The van der Waals surface area contributed by atoms with Gasteiger partial charge in [-0.15, -0.1) is 0 Å². The van der Waals surface area contributed by atoms with E-state index in [9.17, 15) is 9.90 Å². The number of hydrogen-bond donors (Lipinski definition) is 1. The molecule has 0 bridgehead atoms. The topological polar surface area (TPSA) is 72.6 Å². The first-order valence-corrected chi connectivity index (χ1v) is 6.22. The first kappa shape index (κ1) is 13.1. The van der Waals surface area contributed by atoms with Gasteiger partial charge in [-0.25, -0.2) is 4.79 Å². The SMILES string of the molecule is CC(C)(C)c1onc(C2CCOCC2)c1C(=O)O. The van der Waals surface area contributed by atoms with Crippen LogP contribution in [0.15, 0.2) is 4.52 Å². The second-order valence-electron chi connectivity index (χ2n) is 5.71. The number of ether oxygens (including phenoxy) is 1. The van der Waals surface area contributed by atoms with Crippen molar-refractivity contribution in [3.8, 4) is 0 Å². The summed E-state index contributed by atoms with van der Waals surface area (Å²) in [4.78, 5) is 11.5. The van der Waals surface area contributed by atoms with Crippen LogP contribution in [0, 0.1) is 0 Å². The standard InChI is InChI=1S/C13H19NO4/c1-13(2,3)11-9(12(15)16)10(14-18-11)8-4-6-17-7-5-8/h8H,4-7H2,1-3H3,(H,15,16). The lowest BCUT2D eigenvalue weighted by Crippen LogP contribution is -2.19. The molecule has 18 heavy (non-hydrogen) atoms. The molecule has 1 aromatic rings. The average molecular weight is 253 g/mol. The highest BCUT2D eigenvalue weighted by Crippen LogP contribution is 2.34. The summed E-state index contributed by atoms with van der Waals surface area (Å²) in [5.74, 6) is -0.371. The van der Waals surface area contributed by atoms with Crippen molar-refractivity contribution in [1.29, 1.82) is 0 Å². The van der Waals surface area contributed by atoms with Crippen LogP contribution in [0.2, 0.25) is 0 Å². The number of nitrogens with zero attached hydrogens (tertiary/aromatic N) is 1. The molecule has 5 nitrogen and oxygen atoms in total. The van der Waals surface area contributed by atoms with E-state index >= 15 is 0 Å². The summed E-state index contributed by atoms with van der Waals surface area (Å²) in [5.41, 5.74) is 0.467. The predicted molar refractivity (Wildman–Crippen MR) is 65.0 cm³/mol. The van der Waals surface area contributed by atoms with Gasteiger partial charge in [0.2, 0.25) is 0 Å². The fourth-order valence-corrected chi connectivity index (χ4v) is 2.27. The lowest BCUT2D eigenvalue weighted by atomic mass is 9.86. The Bertz CT molecular complexity index is 438. The van der Waals surface area contributed by atoms with Crippen LogP contribution in [0.4, 0.5) is 0 Å². The third-order valence-electron chi connectivity index (χ3n) is 3.22. The summed E-state index contributed by atoms with van der Waals surface area (Å²) in [5, 5.41) is 13.4. The van der Waals surface area contributed by atoms with Gasteiger partial charge in [-0.1, -0.05) is 25.9 Å². The van der Waals surface area contributed by atoms with Crippen molar-refractivity contribution in [2.75, 3.05) is 13.2 Å². The summed E-state index contributed by atoms with van der Waals surface area (Å²) in [6.45, 7) is 7.08. The van der Waals surface area contributed by atoms with Crippen LogP contribution in [0.5, 0.6) is 0 Å². The fraction of sp³-hybridized carbons (Fsp3) is 0.692. The number of hydrogen-bond acceptors (Lipinski definition) is 4. The Labute approximate surface area is 106 Å². The Morgan fingerprint density at radius 3 is 2.44 bits per heavy atom. The van der Waals surface area contributed by atoms with Crippen molar-refractivity contribution in [2.24, 2.45) is 0 Å². The van der Waals surface area contributed by atoms with Gasteiger partial charge in [-0.3, -0.25) is 0 Å². The summed E-state index contributed by atoms with van der Waals surface area (Å²) in [6, 6.07) is 0. The minimum Gasteiger partial charge on any atom is -0.477 e. The van der Waals surface area contributed by atoms with E-state index in [1.54, 1.807) is 0 Å². The van der Waals surface area contributed by atoms with Gasteiger partial charge >= 0.3 is 5.97 Å². The zero-order valence-corrected chi connectivity index (χ0v) is 11.0. The highest BCUT2D eigenvalue weighted by atomic mass is 16.5. The van der Waals surface area contributed by atoms with Crippen LogP contribution in [0.3, 0.4) is 0 Å². The minimum absolute atomic E-state index is 0.129. The van der Waals surface area contributed by atoms with E-state index in [2.05, 4.69) is 5.16 Å². The second-order valence-corrected chi connectivity index (χ2v) is 5.71. The molecule has 1 aliphatic heterocycles. The highest BCUT2D eigenvalue weighted by Gasteiger charge is 2.34. The van der Waals surface area contributed by atoms with Crippen LogP contribution in [-0.4, -0.2) is 29.4 Å². The van der Waals surface area contributed by atoms with Gasteiger partial charge in [0, 0.05) is 24.5 Å². The van der Waals surface area contributed by atoms with Crippen molar-refractivity contribution < 1.29 is 19.2 Å². The number of carbonyl (C=O) groups is 1. The third-order valence-corrected chi connectivity index (χ3v) is 3.22. The summed E-state index contributed by atoms with van der Waals surface area (Å²) in [6.07, 6.45) is 1.60. The van der Waals surface area contributed by atoms with Gasteiger partial charge in [-0.2, -0.15) is 0 Å². The van der Waals surface area contributed by atoms with E-state index in [1.807, 2.05) is 20.8 Å². The summed E-state index contributed by atoms with van der Waals surface area (Å²) >= 11 is 0. The average Bonchev–Trinajstić information content (AvgIpc) is 2.74. The monoisotopic (exact) mass is 253 g/mol. The molecule has 0 atom stereocenters. The highest BCUT2D eigenvalue weighted by molar-refractivity contribution is 5.90. The Morgan fingerprint density at radius 2 is 1.94 bits per heavy atom. The maximum atomic E-state index is 11.5. The van der Waals surface area contributed by atoms with Gasteiger partial charge in [0.15, 0.2) is 5.76 Å². The van der Waals surface area contributed by atoms with E-state index in [-0.39, 0.29) is 16.9 Å². The van der Waals surface area contributed by atoms with Gasteiger partial charge in [0.25, 0.3) is 0 Å². The molecule has 5 heteroatoms. The molecule has 1 saturated heterocycles. The molecule has 0 radical (unpaired) electrons. The summed E-state index contributed by atoms with van der Waals surface area (Å²) < 4.78 is 10.6. The molecule has 100 valence electrons. The first-order valence-electron chi connectivity index (χ1n) is 6.22. The molecule has 0 aromatic carbocycles. The smallest absolute Gasteiger partial charge is 0.341 e. The predicted octanol–water partition coefficient (Wildman–Crippen LogP) is 2.56. The Hall–Kier alpha value is -1.36. The van der Waals surface area contributed by atoms with Crippen molar-refractivity contribution in [3.63, 3.8) is 0 Å². The molecule has 0 spiro atoms. The Kier molecular flexibility index (Phi) is 3.43. The minimum atomic E-state index is -0.956. The van der Waals surface area contributed by atoms with Crippen molar-refractivity contribution in [1.82, 2.24) is 5.16 Å². The molecular weight excluding hydrogens is 234 g/mol. The molecule has 2 heterocycles. The molecule has 1 aliphatic rings. The molecule has 0 unspecified atom stereocenters. The first-order chi connectivity index (χ1) is 8.41. The van der Waals surface area contributed by atoms with Gasteiger partial charge < -0.3 is 14.4 Å². The van der Waals surface area contributed by atoms with Crippen LogP contribution in [-0.2, 0) is 10.2 Å². The van der Waals surface area contributed by atoms with Crippen LogP contribution < -0.4 is 0 Å². The summed E-state index contributed by atoms with van der Waals surface area (Å²) in [7, 11) is 0. The molecule has 2 rings (SSSR count). The molecule has 1 N–H and O–H groups in total. The molecule has 1 fully saturated rings. The largest absolute Gasteiger partial charge is 0.477 e. The maximum absolute atomic E-state index is 11.5. The van der Waals surface area contributed by atoms with Crippen LogP contribution in [0.1, 0.15) is 61.3 Å². The molecule has 1 aromatic heterocycles. The van der Waals surface area contributed by atoms with E-state index in [4.69, 9.17) is 9.26 Å².